The first-order valence-corrected chi connectivity index (χ1v) is 6.26. The summed E-state index contributed by atoms with van der Waals surface area (Å²) < 4.78 is 0. The van der Waals surface area contributed by atoms with Crippen LogP contribution in [0, 0.1) is 0 Å². The van der Waals surface area contributed by atoms with E-state index in [-0.39, 0.29) is 11.6 Å². The predicted molar refractivity (Wildman–Crippen MR) is 76.0 cm³/mol. The molecule has 0 aliphatic carbocycles. The van der Waals surface area contributed by atoms with Gasteiger partial charge in [-0.15, -0.1) is 0 Å². The molecule has 0 saturated carbocycles. The van der Waals surface area contributed by atoms with Gasteiger partial charge in [-0.3, -0.25) is 9.59 Å². The van der Waals surface area contributed by atoms with Gasteiger partial charge in [-0.25, -0.2) is 0 Å². The van der Waals surface area contributed by atoms with Gasteiger partial charge in [-0.2, -0.15) is 0 Å². The molecule has 96 valence electrons. The van der Waals surface area contributed by atoms with E-state index in [4.69, 9.17) is 0 Å². The zero-order valence-corrected chi connectivity index (χ0v) is 11.1. The molecule has 0 radical (unpaired) electrons. The van der Waals surface area contributed by atoms with Crippen LogP contribution in [-0.2, 0) is 9.59 Å². The topological polar surface area (TPSA) is 34.1 Å². The lowest BCUT2D eigenvalue weighted by Crippen LogP contribution is -2.16. The molecule has 0 aliphatic heterocycles. The number of hydrogen-bond donors (Lipinski definition) is 0. The third-order valence-electron chi connectivity index (χ3n) is 3.14. The van der Waals surface area contributed by atoms with Crippen LogP contribution in [0.4, 0.5) is 0 Å². The Balaban J connectivity index is 2.45. The van der Waals surface area contributed by atoms with Crippen LogP contribution >= 0.6 is 0 Å². The molecule has 0 spiro atoms. The van der Waals surface area contributed by atoms with Crippen molar-refractivity contribution in [1.29, 1.82) is 0 Å². The second-order valence-corrected chi connectivity index (χ2v) is 4.65. The molecule has 0 atom stereocenters. The van der Waals surface area contributed by atoms with E-state index in [0.29, 0.717) is 0 Å². The molecular formula is C17H16O2. The minimum Gasteiger partial charge on any atom is -0.299 e. The summed E-state index contributed by atoms with van der Waals surface area (Å²) in [6.07, 6.45) is 0. The van der Waals surface area contributed by atoms with E-state index in [1.807, 2.05) is 54.6 Å². The largest absolute Gasteiger partial charge is 0.299 e. The third kappa shape index (κ3) is 2.97. The van der Waals surface area contributed by atoms with Crippen molar-refractivity contribution in [2.45, 2.75) is 19.8 Å². The van der Waals surface area contributed by atoms with Crippen molar-refractivity contribution in [1.82, 2.24) is 0 Å². The van der Waals surface area contributed by atoms with Crippen LogP contribution in [-0.4, -0.2) is 11.6 Å². The second-order valence-electron chi connectivity index (χ2n) is 4.65. The first-order valence-electron chi connectivity index (χ1n) is 6.26. The maximum absolute atomic E-state index is 11.6. The van der Waals surface area contributed by atoms with Gasteiger partial charge < -0.3 is 0 Å². The zero-order valence-electron chi connectivity index (χ0n) is 11.1. The summed E-state index contributed by atoms with van der Waals surface area (Å²) in [5.41, 5.74) is 2.86. The zero-order chi connectivity index (χ0) is 13.8. The summed E-state index contributed by atoms with van der Waals surface area (Å²) >= 11 is 0. The second kappa shape index (κ2) is 5.61. The van der Waals surface area contributed by atoms with Crippen molar-refractivity contribution in [2.75, 3.05) is 0 Å². The maximum Gasteiger partial charge on any atom is 0.144 e. The molecule has 0 saturated heterocycles. The first kappa shape index (κ1) is 13.2. The fourth-order valence-corrected chi connectivity index (χ4v) is 2.28. The molecule has 0 heterocycles. The SMILES string of the molecule is CC(=O)C(C(C)=O)c1cccc(-c2ccccc2)c1. The molecule has 2 rings (SSSR count). The van der Waals surface area contributed by atoms with Gasteiger partial charge in [0.25, 0.3) is 0 Å². The molecule has 2 nitrogen and oxygen atoms in total. The van der Waals surface area contributed by atoms with Crippen molar-refractivity contribution < 1.29 is 9.59 Å². The number of Topliss-reactive ketones (excluding diaryl/α,β-unsaturated/α-hetero) is 2. The van der Waals surface area contributed by atoms with Gasteiger partial charge in [-0.05, 0) is 36.6 Å². The summed E-state index contributed by atoms with van der Waals surface area (Å²) in [6.45, 7) is 2.92. The fraction of sp³-hybridized carbons (Fsp3) is 0.176. The van der Waals surface area contributed by atoms with Crippen molar-refractivity contribution >= 4 is 11.6 Å². The Kier molecular flexibility index (Phi) is 3.91. The molecule has 2 aromatic rings. The van der Waals surface area contributed by atoms with Crippen LogP contribution in [0.15, 0.2) is 54.6 Å². The summed E-state index contributed by atoms with van der Waals surface area (Å²) in [5.74, 6) is -0.876. The lowest BCUT2D eigenvalue weighted by atomic mass is 9.90. The fourth-order valence-electron chi connectivity index (χ4n) is 2.28. The standard InChI is InChI=1S/C17H16O2/c1-12(18)17(13(2)19)16-10-6-9-15(11-16)14-7-4-3-5-8-14/h3-11,17H,1-2H3. The minimum atomic E-state index is -0.649. The molecule has 0 aromatic heterocycles. The molecule has 0 amide bonds. The number of carbonyl (C=O) groups is 2. The van der Waals surface area contributed by atoms with Gasteiger partial charge in [0, 0.05) is 0 Å². The number of carbonyl (C=O) groups excluding carboxylic acids is 2. The predicted octanol–water partition coefficient (Wildman–Crippen LogP) is 3.62. The molecule has 2 aromatic carbocycles. The van der Waals surface area contributed by atoms with E-state index in [0.717, 1.165) is 16.7 Å². The lowest BCUT2D eigenvalue weighted by molar-refractivity contribution is -0.126. The number of hydrogen-bond acceptors (Lipinski definition) is 2. The molecule has 0 bridgehead atoms. The van der Waals surface area contributed by atoms with Gasteiger partial charge in [0.2, 0.25) is 0 Å². The number of benzene rings is 2. The van der Waals surface area contributed by atoms with E-state index in [2.05, 4.69) is 0 Å². The van der Waals surface area contributed by atoms with Gasteiger partial charge >= 0.3 is 0 Å². The Morgan fingerprint density at radius 3 is 1.95 bits per heavy atom. The van der Waals surface area contributed by atoms with Crippen molar-refractivity contribution in [2.24, 2.45) is 0 Å². The van der Waals surface area contributed by atoms with Crippen molar-refractivity contribution in [3.05, 3.63) is 60.2 Å². The Bertz CT molecular complexity index is 586. The smallest absolute Gasteiger partial charge is 0.144 e. The van der Waals surface area contributed by atoms with Gasteiger partial charge in [0.05, 0.1) is 0 Å². The lowest BCUT2D eigenvalue weighted by Gasteiger charge is -2.12. The van der Waals surface area contributed by atoms with Crippen LogP contribution in [0.25, 0.3) is 11.1 Å². The van der Waals surface area contributed by atoms with E-state index in [1.54, 1.807) is 0 Å². The van der Waals surface area contributed by atoms with Crippen molar-refractivity contribution in [3.63, 3.8) is 0 Å². The van der Waals surface area contributed by atoms with Crippen molar-refractivity contribution in [3.8, 4) is 11.1 Å². The molecule has 0 fully saturated rings. The monoisotopic (exact) mass is 252 g/mol. The Morgan fingerprint density at radius 1 is 0.789 bits per heavy atom. The highest BCUT2D eigenvalue weighted by Crippen LogP contribution is 2.25. The van der Waals surface area contributed by atoms with Crippen LogP contribution in [0.5, 0.6) is 0 Å². The summed E-state index contributed by atoms with van der Waals surface area (Å²) in [4.78, 5) is 23.2. The Morgan fingerprint density at radius 2 is 1.37 bits per heavy atom. The highest BCUT2D eigenvalue weighted by atomic mass is 16.1. The Hall–Kier alpha value is -2.22. The first-order chi connectivity index (χ1) is 9.09. The van der Waals surface area contributed by atoms with Gasteiger partial charge in [-0.1, -0.05) is 48.5 Å². The van der Waals surface area contributed by atoms with E-state index in [9.17, 15) is 9.59 Å². The van der Waals surface area contributed by atoms with E-state index < -0.39 is 5.92 Å². The highest BCUT2D eigenvalue weighted by Gasteiger charge is 2.21. The van der Waals surface area contributed by atoms with Crippen LogP contribution in [0.2, 0.25) is 0 Å². The van der Waals surface area contributed by atoms with Crippen LogP contribution < -0.4 is 0 Å². The number of rotatable bonds is 4. The average molecular weight is 252 g/mol. The quantitative estimate of drug-likeness (QED) is 0.779. The van der Waals surface area contributed by atoms with E-state index in [1.165, 1.54) is 13.8 Å². The Labute approximate surface area is 113 Å². The average Bonchev–Trinajstić information content (AvgIpc) is 2.39. The normalized spacial score (nSPS) is 10.5. The molecule has 0 unspecified atom stereocenters. The van der Waals surface area contributed by atoms with Crippen LogP contribution in [0.3, 0.4) is 0 Å². The summed E-state index contributed by atoms with van der Waals surface area (Å²) in [5, 5.41) is 0. The van der Waals surface area contributed by atoms with Gasteiger partial charge in [0.15, 0.2) is 0 Å². The van der Waals surface area contributed by atoms with Gasteiger partial charge in [0.1, 0.15) is 17.5 Å². The summed E-state index contributed by atoms with van der Waals surface area (Å²) in [6, 6.07) is 17.5. The summed E-state index contributed by atoms with van der Waals surface area (Å²) in [7, 11) is 0. The van der Waals surface area contributed by atoms with Crippen LogP contribution in [0.1, 0.15) is 25.3 Å². The third-order valence-corrected chi connectivity index (χ3v) is 3.14. The molecule has 0 aliphatic rings. The molecular weight excluding hydrogens is 236 g/mol. The molecule has 19 heavy (non-hydrogen) atoms. The minimum absolute atomic E-state index is 0.113. The van der Waals surface area contributed by atoms with E-state index >= 15 is 0 Å². The molecule has 0 N–H and O–H groups in total. The number of ketones is 2. The highest BCUT2D eigenvalue weighted by molar-refractivity contribution is 6.05. The maximum atomic E-state index is 11.6. The molecule has 2 heteroatoms.